The van der Waals surface area contributed by atoms with Crippen LogP contribution >= 0.6 is 0 Å². The number of aromatic carboxylic acids is 1. The fraction of sp³-hybridized carbons (Fsp3) is 0.333. The minimum Gasteiger partial charge on any atom is -0.484 e. The standard InChI is InChI=1S/C24H28N2O4/c1-4-23(27)26-14-13-25(15-18(26)3)16-22(19-7-5-17(2)6-8-19)30-21-11-9-20(10-12-21)24(28)29/h4-12,18,22H,1,13-16H2,2-3H3,(H,28,29)/t18-,22?/m1/s1. The highest BCUT2D eigenvalue weighted by Gasteiger charge is 2.28. The quantitative estimate of drug-likeness (QED) is 0.710. The van der Waals surface area contributed by atoms with E-state index in [0.717, 1.165) is 18.7 Å². The zero-order chi connectivity index (χ0) is 21.7. The number of aryl methyl sites for hydroxylation is 1. The fourth-order valence-corrected chi connectivity index (χ4v) is 3.71. The van der Waals surface area contributed by atoms with Crippen LogP contribution < -0.4 is 4.74 Å². The Morgan fingerprint density at radius 2 is 1.83 bits per heavy atom. The lowest BCUT2D eigenvalue weighted by Gasteiger charge is -2.40. The predicted molar refractivity (Wildman–Crippen MR) is 116 cm³/mol. The van der Waals surface area contributed by atoms with Gasteiger partial charge in [-0.15, -0.1) is 0 Å². The van der Waals surface area contributed by atoms with E-state index in [1.54, 1.807) is 24.3 Å². The van der Waals surface area contributed by atoms with Gasteiger partial charge in [-0.1, -0.05) is 36.4 Å². The molecule has 0 spiro atoms. The number of rotatable bonds is 7. The van der Waals surface area contributed by atoms with Crippen molar-refractivity contribution in [2.24, 2.45) is 0 Å². The van der Waals surface area contributed by atoms with Crippen molar-refractivity contribution in [2.45, 2.75) is 26.0 Å². The van der Waals surface area contributed by atoms with Gasteiger partial charge in [-0.05, 0) is 49.8 Å². The highest BCUT2D eigenvalue weighted by molar-refractivity contribution is 5.87. The van der Waals surface area contributed by atoms with Gasteiger partial charge in [0.15, 0.2) is 0 Å². The van der Waals surface area contributed by atoms with Crippen LogP contribution in [-0.2, 0) is 4.79 Å². The Balaban J connectivity index is 1.75. The number of nitrogens with zero attached hydrogens (tertiary/aromatic N) is 2. The van der Waals surface area contributed by atoms with Gasteiger partial charge in [0.1, 0.15) is 11.9 Å². The second-order valence-electron chi connectivity index (χ2n) is 7.69. The first-order valence-corrected chi connectivity index (χ1v) is 10.1. The summed E-state index contributed by atoms with van der Waals surface area (Å²) >= 11 is 0. The first-order chi connectivity index (χ1) is 14.4. The van der Waals surface area contributed by atoms with Crippen molar-refractivity contribution in [3.8, 4) is 5.75 Å². The van der Waals surface area contributed by atoms with Crippen LogP contribution in [0.4, 0.5) is 0 Å². The summed E-state index contributed by atoms with van der Waals surface area (Å²) in [6.07, 6.45) is 1.15. The molecule has 1 amide bonds. The number of carboxylic acids is 1. The van der Waals surface area contributed by atoms with Crippen molar-refractivity contribution in [1.29, 1.82) is 0 Å². The maximum Gasteiger partial charge on any atom is 0.335 e. The average molecular weight is 408 g/mol. The summed E-state index contributed by atoms with van der Waals surface area (Å²) in [7, 11) is 0. The van der Waals surface area contributed by atoms with Gasteiger partial charge in [0.25, 0.3) is 0 Å². The van der Waals surface area contributed by atoms with E-state index in [9.17, 15) is 9.59 Å². The SMILES string of the molecule is C=CC(=O)N1CCN(CC(Oc2ccc(C(=O)O)cc2)c2ccc(C)cc2)C[C@H]1C. The molecule has 1 saturated heterocycles. The van der Waals surface area contributed by atoms with Crippen molar-refractivity contribution in [1.82, 2.24) is 9.80 Å². The molecule has 2 atom stereocenters. The molecular formula is C24H28N2O4. The van der Waals surface area contributed by atoms with Crippen LogP contribution in [0.2, 0.25) is 0 Å². The summed E-state index contributed by atoms with van der Waals surface area (Å²) in [6.45, 7) is 10.5. The van der Waals surface area contributed by atoms with E-state index < -0.39 is 5.97 Å². The van der Waals surface area contributed by atoms with Crippen LogP contribution in [0.25, 0.3) is 0 Å². The first-order valence-electron chi connectivity index (χ1n) is 10.1. The van der Waals surface area contributed by atoms with Crippen molar-refractivity contribution >= 4 is 11.9 Å². The lowest BCUT2D eigenvalue weighted by molar-refractivity contribution is -0.130. The highest BCUT2D eigenvalue weighted by Crippen LogP contribution is 2.25. The Labute approximate surface area is 177 Å². The largest absolute Gasteiger partial charge is 0.484 e. The van der Waals surface area contributed by atoms with Gasteiger partial charge in [0.05, 0.1) is 5.56 Å². The van der Waals surface area contributed by atoms with Crippen molar-refractivity contribution in [2.75, 3.05) is 26.2 Å². The molecule has 0 aliphatic carbocycles. The number of hydrogen-bond donors (Lipinski definition) is 1. The second-order valence-corrected chi connectivity index (χ2v) is 7.69. The van der Waals surface area contributed by atoms with Crippen LogP contribution in [0.5, 0.6) is 5.75 Å². The van der Waals surface area contributed by atoms with Crippen LogP contribution in [0, 0.1) is 6.92 Å². The molecule has 1 unspecified atom stereocenters. The lowest BCUT2D eigenvalue weighted by atomic mass is 10.1. The Morgan fingerprint density at radius 1 is 1.17 bits per heavy atom. The van der Waals surface area contributed by atoms with Crippen molar-refractivity contribution in [3.63, 3.8) is 0 Å². The number of benzene rings is 2. The van der Waals surface area contributed by atoms with Crippen LogP contribution in [-0.4, -0.2) is 59.0 Å². The Morgan fingerprint density at radius 3 is 2.40 bits per heavy atom. The van der Waals surface area contributed by atoms with Gasteiger partial charge in [-0.25, -0.2) is 4.79 Å². The van der Waals surface area contributed by atoms with Crippen LogP contribution in [0.1, 0.15) is 34.5 Å². The number of carbonyl (C=O) groups excluding carboxylic acids is 1. The molecule has 0 aromatic heterocycles. The molecule has 1 aliphatic rings. The van der Waals surface area contributed by atoms with Gasteiger partial charge in [0.2, 0.25) is 5.91 Å². The molecule has 1 aliphatic heterocycles. The number of piperazine rings is 1. The highest BCUT2D eigenvalue weighted by atomic mass is 16.5. The summed E-state index contributed by atoms with van der Waals surface area (Å²) in [5.74, 6) is -0.372. The predicted octanol–water partition coefficient (Wildman–Crippen LogP) is 3.53. The third kappa shape index (κ3) is 5.27. The minimum absolute atomic E-state index is 0.0352. The molecular weight excluding hydrogens is 380 g/mol. The molecule has 0 saturated carbocycles. The monoisotopic (exact) mass is 408 g/mol. The van der Waals surface area contributed by atoms with Crippen molar-refractivity contribution < 1.29 is 19.4 Å². The third-order valence-electron chi connectivity index (χ3n) is 5.42. The lowest BCUT2D eigenvalue weighted by Crippen LogP contribution is -2.54. The minimum atomic E-state index is -0.961. The maximum absolute atomic E-state index is 12.0. The van der Waals surface area contributed by atoms with E-state index in [4.69, 9.17) is 9.84 Å². The van der Waals surface area contributed by atoms with Crippen LogP contribution in [0.15, 0.2) is 61.2 Å². The van der Waals surface area contributed by atoms with Crippen LogP contribution in [0.3, 0.4) is 0 Å². The second kappa shape index (κ2) is 9.59. The summed E-state index contributed by atoms with van der Waals surface area (Å²) < 4.78 is 6.28. The molecule has 1 heterocycles. The number of carbonyl (C=O) groups is 2. The zero-order valence-electron chi connectivity index (χ0n) is 17.5. The normalized spacial score (nSPS) is 17.9. The summed E-state index contributed by atoms with van der Waals surface area (Å²) in [5, 5.41) is 9.10. The summed E-state index contributed by atoms with van der Waals surface area (Å²) in [5.41, 5.74) is 2.46. The van der Waals surface area contributed by atoms with Gasteiger partial charge < -0.3 is 14.7 Å². The Kier molecular flexibility index (Phi) is 6.90. The molecule has 1 N–H and O–H groups in total. The van der Waals surface area contributed by atoms with Gasteiger partial charge in [-0.3, -0.25) is 9.69 Å². The van der Waals surface area contributed by atoms with Gasteiger partial charge >= 0.3 is 5.97 Å². The number of amides is 1. The smallest absolute Gasteiger partial charge is 0.335 e. The molecule has 6 nitrogen and oxygen atoms in total. The average Bonchev–Trinajstić information content (AvgIpc) is 2.74. The summed E-state index contributed by atoms with van der Waals surface area (Å²) in [4.78, 5) is 27.2. The number of carboxylic acid groups (broad SMARTS) is 1. The third-order valence-corrected chi connectivity index (χ3v) is 5.42. The fourth-order valence-electron chi connectivity index (χ4n) is 3.71. The topological polar surface area (TPSA) is 70.1 Å². The zero-order valence-corrected chi connectivity index (χ0v) is 17.5. The van der Waals surface area contributed by atoms with Gasteiger partial charge in [0, 0.05) is 32.2 Å². The molecule has 6 heteroatoms. The maximum atomic E-state index is 12.0. The van der Waals surface area contributed by atoms with E-state index in [0.29, 0.717) is 18.8 Å². The molecule has 0 bridgehead atoms. The first kappa shape index (κ1) is 21.6. The van der Waals surface area contributed by atoms with E-state index in [-0.39, 0.29) is 23.6 Å². The van der Waals surface area contributed by atoms with E-state index in [1.165, 1.54) is 11.6 Å². The van der Waals surface area contributed by atoms with E-state index >= 15 is 0 Å². The number of ether oxygens (including phenoxy) is 1. The molecule has 0 radical (unpaired) electrons. The molecule has 30 heavy (non-hydrogen) atoms. The Hall–Kier alpha value is -3.12. The Bertz CT molecular complexity index is 892. The molecule has 158 valence electrons. The van der Waals surface area contributed by atoms with Gasteiger partial charge in [-0.2, -0.15) is 0 Å². The summed E-state index contributed by atoms with van der Waals surface area (Å²) in [6, 6.07) is 14.8. The molecule has 3 rings (SSSR count). The molecule has 1 fully saturated rings. The van der Waals surface area contributed by atoms with E-state index in [1.807, 2.05) is 18.7 Å². The molecule has 2 aromatic carbocycles. The van der Waals surface area contributed by atoms with Crippen molar-refractivity contribution in [3.05, 3.63) is 77.9 Å². The number of hydrogen-bond acceptors (Lipinski definition) is 4. The van der Waals surface area contributed by atoms with E-state index in [2.05, 4.69) is 35.7 Å². The molecule has 2 aromatic rings.